The van der Waals surface area contributed by atoms with Crippen molar-refractivity contribution in [3.8, 4) is 0 Å². The van der Waals surface area contributed by atoms with Crippen molar-refractivity contribution >= 4 is 8.15 Å². The Morgan fingerprint density at radius 2 is 2.12 bits per heavy atom. The zero-order chi connectivity index (χ0) is 12.5. The van der Waals surface area contributed by atoms with E-state index in [1.807, 2.05) is 13.0 Å². The van der Waals surface area contributed by atoms with E-state index in [4.69, 9.17) is 4.52 Å². The normalized spacial score (nSPS) is 14.7. The van der Waals surface area contributed by atoms with Gasteiger partial charge in [0.05, 0.1) is 0 Å². The molecule has 1 aromatic heterocycles. The highest BCUT2D eigenvalue weighted by Crippen LogP contribution is 2.31. The van der Waals surface area contributed by atoms with Crippen LogP contribution in [-0.2, 0) is 10.9 Å². The summed E-state index contributed by atoms with van der Waals surface area (Å²) in [5.74, 6) is 0. The molecule has 0 amide bonds. The van der Waals surface area contributed by atoms with Gasteiger partial charge in [-0.3, -0.25) is 4.79 Å². The molecule has 1 aliphatic carbocycles. The fraction of sp³-hybridized carbons (Fsp3) is 0.615. The Morgan fingerprint density at radius 3 is 2.65 bits per heavy atom. The second-order valence-electron chi connectivity index (χ2n) is 4.14. The molecule has 1 heterocycles. The molecule has 1 aromatic rings. The predicted molar refractivity (Wildman–Crippen MR) is 74.0 cm³/mol. The maximum absolute atomic E-state index is 11.0. The number of nitrogens with one attached hydrogen (secondary N) is 1. The molecule has 1 atom stereocenters. The first kappa shape index (κ1) is 14.4. The summed E-state index contributed by atoms with van der Waals surface area (Å²) in [4.78, 5) is 13.6. The Hall–Kier alpha value is -0.660. The van der Waals surface area contributed by atoms with Crippen LogP contribution in [0.5, 0.6) is 0 Å². The number of pyridine rings is 1. The molecule has 1 fully saturated rings. The lowest BCUT2D eigenvalue weighted by molar-refractivity contribution is 0.380. The molecule has 2 rings (SSSR count). The summed E-state index contributed by atoms with van der Waals surface area (Å²) >= 11 is 0. The Morgan fingerprint density at radius 1 is 1.41 bits per heavy atom. The van der Waals surface area contributed by atoms with E-state index in [0.29, 0.717) is 0 Å². The van der Waals surface area contributed by atoms with Gasteiger partial charge in [-0.2, -0.15) is 0 Å². The summed E-state index contributed by atoms with van der Waals surface area (Å²) in [6.45, 7) is 4.90. The zero-order valence-corrected chi connectivity index (χ0v) is 11.6. The molecule has 3 nitrogen and oxygen atoms in total. The molecule has 96 valence electrons. The van der Waals surface area contributed by atoms with E-state index in [0.717, 1.165) is 24.8 Å². The van der Waals surface area contributed by atoms with Crippen LogP contribution in [0.25, 0.3) is 0 Å². The van der Waals surface area contributed by atoms with Gasteiger partial charge in [-0.05, 0) is 37.8 Å². The van der Waals surface area contributed by atoms with E-state index >= 15 is 0 Å². The van der Waals surface area contributed by atoms with Gasteiger partial charge in [0, 0.05) is 27.0 Å². The van der Waals surface area contributed by atoms with Crippen LogP contribution in [0.2, 0.25) is 0 Å². The molecule has 0 aromatic carbocycles. The molecule has 0 aliphatic heterocycles. The summed E-state index contributed by atoms with van der Waals surface area (Å²) in [5.41, 5.74) is 1.06. The minimum absolute atomic E-state index is 0.0284. The molecule has 4 heteroatoms. The minimum Gasteiger partial charge on any atom is -0.360 e. The third kappa shape index (κ3) is 8.12. The van der Waals surface area contributed by atoms with Crippen LogP contribution in [0.1, 0.15) is 31.7 Å². The highest BCUT2D eigenvalue weighted by molar-refractivity contribution is 7.51. The number of hydrogen-bond acceptors (Lipinski definition) is 2. The van der Waals surface area contributed by atoms with Crippen LogP contribution in [-0.4, -0.2) is 24.4 Å². The zero-order valence-electron chi connectivity index (χ0n) is 10.7. The summed E-state index contributed by atoms with van der Waals surface area (Å²) in [6, 6.07) is 3.59. The van der Waals surface area contributed by atoms with Gasteiger partial charge in [0.2, 0.25) is 5.56 Å². The Kier molecular flexibility index (Phi) is 7.14. The van der Waals surface area contributed by atoms with Crippen LogP contribution < -0.4 is 5.56 Å². The first-order chi connectivity index (χ1) is 8.22. The standard InChI is InChI=1S/C10H16NO2P.C3H6/c1-3-13-14(2)7-5-9-4-6-11-10(12)8-9;1-2-3-1/h4,6,8H,3,5,7H2,1-2H3,(H,11,12);1-3H2. The van der Waals surface area contributed by atoms with Crippen molar-refractivity contribution in [2.75, 3.05) is 19.4 Å². The summed E-state index contributed by atoms with van der Waals surface area (Å²) < 4.78 is 5.47. The molecule has 1 N–H and O–H groups in total. The van der Waals surface area contributed by atoms with E-state index < -0.39 is 0 Å². The second-order valence-corrected chi connectivity index (χ2v) is 6.10. The smallest absolute Gasteiger partial charge is 0.248 e. The number of aryl methyl sites for hydroxylation is 1. The van der Waals surface area contributed by atoms with Gasteiger partial charge in [0.1, 0.15) is 0 Å². The molecule has 0 spiro atoms. The fourth-order valence-corrected chi connectivity index (χ4v) is 2.36. The minimum atomic E-state index is -0.326. The van der Waals surface area contributed by atoms with Crippen LogP contribution in [0.3, 0.4) is 0 Å². The molecule has 0 saturated heterocycles. The highest BCUT2D eigenvalue weighted by atomic mass is 31.1. The molecule has 1 aliphatic rings. The molecule has 1 saturated carbocycles. The maximum Gasteiger partial charge on any atom is 0.248 e. The fourth-order valence-electron chi connectivity index (χ4n) is 1.22. The summed E-state index contributed by atoms with van der Waals surface area (Å²) in [5, 5.41) is 0. The third-order valence-electron chi connectivity index (χ3n) is 2.26. The van der Waals surface area contributed by atoms with Crippen molar-refractivity contribution in [2.24, 2.45) is 0 Å². The van der Waals surface area contributed by atoms with E-state index in [1.165, 1.54) is 19.3 Å². The first-order valence-electron chi connectivity index (χ1n) is 6.24. The number of aromatic nitrogens is 1. The van der Waals surface area contributed by atoms with Gasteiger partial charge in [-0.1, -0.05) is 19.3 Å². The van der Waals surface area contributed by atoms with Gasteiger partial charge >= 0.3 is 0 Å². The topological polar surface area (TPSA) is 42.1 Å². The van der Waals surface area contributed by atoms with Crippen molar-refractivity contribution in [3.05, 3.63) is 34.2 Å². The predicted octanol–water partition coefficient (Wildman–Crippen LogP) is 3.15. The lowest BCUT2D eigenvalue weighted by atomic mass is 10.2. The molecule has 0 bridgehead atoms. The van der Waals surface area contributed by atoms with Gasteiger partial charge in [-0.15, -0.1) is 0 Å². The lowest BCUT2D eigenvalue weighted by Crippen LogP contribution is -2.05. The quantitative estimate of drug-likeness (QED) is 0.821. The van der Waals surface area contributed by atoms with Crippen LogP contribution in [0, 0.1) is 0 Å². The first-order valence-corrected chi connectivity index (χ1v) is 8.13. The molecule has 1 unspecified atom stereocenters. The van der Waals surface area contributed by atoms with Gasteiger partial charge < -0.3 is 9.51 Å². The van der Waals surface area contributed by atoms with Crippen LogP contribution in [0.4, 0.5) is 0 Å². The van der Waals surface area contributed by atoms with Crippen molar-refractivity contribution < 1.29 is 4.52 Å². The number of hydrogen-bond donors (Lipinski definition) is 1. The SMILES string of the molecule is C1CC1.CCOP(C)CCc1cc[nH]c(=O)c1. The van der Waals surface area contributed by atoms with Crippen molar-refractivity contribution in [1.29, 1.82) is 0 Å². The van der Waals surface area contributed by atoms with Crippen LogP contribution in [0.15, 0.2) is 23.1 Å². The van der Waals surface area contributed by atoms with E-state index in [2.05, 4.69) is 11.6 Å². The Bertz CT molecular complexity index is 360. The second kappa shape index (κ2) is 8.43. The summed E-state index contributed by atoms with van der Waals surface area (Å²) in [6.07, 6.45) is 8.13. The Balaban J connectivity index is 0.000000415. The monoisotopic (exact) mass is 255 g/mol. The van der Waals surface area contributed by atoms with Gasteiger partial charge in [0.15, 0.2) is 0 Å². The third-order valence-corrected chi connectivity index (χ3v) is 3.81. The number of aromatic amines is 1. The largest absolute Gasteiger partial charge is 0.360 e. The molecule has 17 heavy (non-hydrogen) atoms. The number of rotatable bonds is 5. The van der Waals surface area contributed by atoms with Gasteiger partial charge in [-0.25, -0.2) is 0 Å². The van der Waals surface area contributed by atoms with Gasteiger partial charge in [0.25, 0.3) is 0 Å². The van der Waals surface area contributed by atoms with E-state index in [9.17, 15) is 4.79 Å². The highest BCUT2D eigenvalue weighted by Gasteiger charge is 2.01. The van der Waals surface area contributed by atoms with Crippen molar-refractivity contribution in [1.82, 2.24) is 4.98 Å². The average Bonchev–Trinajstić information content (AvgIpc) is 3.14. The van der Waals surface area contributed by atoms with Crippen molar-refractivity contribution in [2.45, 2.75) is 32.6 Å². The van der Waals surface area contributed by atoms with E-state index in [-0.39, 0.29) is 13.7 Å². The number of H-pyrrole nitrogens is 1. The average molecular weight is 255 g/mol. The lowest BCUT2D eigenvalue weighted by Gasteiger charge is -2.10. The maximum atomic E-state index is 11.0. The van der Waals surface area contributed by atoms with Crippen molar-refractivity contribution in [3.63, 3.8) is 0 Å². The summed E-state index contributed by atoms with van der Waals surface area (Å²) in [7, 11) is -0.326. The molecule has 0 radical (unpaired) electrons. The Labute approximate surface area is 104 Å². The van der Waals surface area contributed by atoms with E-state index in [1.54, 1.807) is 12.3 Å². The van der Waals surface area contributed by atoms with Crippen LogP contribution >= 0.6 is 8.15 Å². The molecular weight excluding hydrogens is 233 g/mol. The molecular formula is C13H22NO2P.